The van der Waals surface area contributed by atoms with Crippen LogP contribution in [0.1, 0.15) is 35.2 Å². The van der Waals surface area contributed by atoms with E-state index in [1.165, 1.54) is 50.4 Å². The number of anilines is 2. The summed E-state index contributed by atoms with van der Waals surface area (Å²) in [5.74, 6) is -0.195. The van der Waals surface area contributed by atoms with Gasteiger partial charge in [0.05, 0.1) is 5.69 Å². The Morgan fingerprint density at radius 3 is 2.10 bits per heavy atom. The molecule has 0 saturated carbocycles. The number of hydrogen-bond acceptors (Lipinski definition) is 4. The average Bonchev–Trinajstić information content (AvgIpc) is 2.78. The summed E-state index contributed by atoms with van der Waals surface area (Å²) in [7, 11) is 0.883. The Bertz CT molecular complexity index is 951. The fourth-order valence-electron chi connectivity index (χ4n) is 3.46. The first-order valence-electron chi connectivity index (χ1n) is 10.2. The molecule has 1 heterocycles. The van der Waals surface area contributed by atoms with Crippen molar-refractivity contribution < 1.29 is 13.2 Å². The number of nitrogens with one attached hydrogen (secondary N) is 1. The predicted octanol–water partition coefficient (Wildman–Crippen LogP) is 2.85. The van der Waals surface area contributed by atoms with Gasteiger partial charge in [-0.15, -0.1) is 0 Å². The molecule has 0 radical (unpaired) electrons. The van der Waals surface area contributed by atoms with Crippen LogP contribution in [0.15, 0.2) is 48.5 Å². The summed E-state index contributed by atoms with van der Waals surface area (Å²) in [6.07, 6.45) is 3.80. The smallest absolute Gasteiger partial charge is 0.303 e. The minimum Gasteiger partial charge on any atom is -0.372 e. The van der Waals surface area contributed by atoms with E-state index >= 15 is 0 Å². The third-order valence-electron chi connectivity index (χ3n) is 5.41. The van der Waals surface area contributed by atoms with Crippen LogP contribution < -0.4 is 14.5 Å². The monoisotopic (exact) mass is 430 g/mol. The summed E-state index contributed by atoms with van der Waals surface area (Å²) in [6.45, 7) is 2.66. The minimum absolute atomic E-state index is 0.195. The fourth-order valence-corrected chi connectivity index (χ4v) is 4.34. The Morgan fingerprint density at radius 1 is 0.933 bits per heavy atom. The molecule has 0 aromatic heterocycles. The molecule has 2 aromatic rings. The second-order valence-corrected chi connectivity index (χ2v) is 9.88. The van der Waals surface area contributed by atoms with Crippen LogP contribution >= 0.6 is 0 Å². The Labute approximate surface area is 179 Å². The number of piperidine rings is 1. The van der Waals surface area contributed by atoms with E-state index in [1.807, 2.05) is 12.1 Å². The van der Waals surface area contributed by atoms with Gasteiger partial charge in [-0.1, -0.05) is 12.1 Å². The van der Waals surface area contributed by atoms with Gasteiger partial charge >= 0.3 is 10.2 Å². The first-order valence-corrected chi connectivity index (χ1v) is 11.6. The summed E-state index contributed by atoms with van der Waals surface area (Å²) in [6, 6.07) is 14.8. The van der Waals surface area contributed by atoms with E-state index in [4.69, 9.17) is 0 Å². The van der Waals surface area contributed by atoms with Crippen LogP contribution in [0, 0.1) is 0 Å². The minimum atomic E-state index is -3.56. The number of carbonyl (C=O) groups excluding carboxylic acids is 1. The lowest BCUT2D eigenvalue weighted by Gasteiger charge is -2.28. The molecule has 1 N–H and O–H groups in total. The molecule has 1 fully saturated rings. The zero-order valence-electron chi connectivity index (χ0n) is 17.8. The van der Waals surface area contributed by atoms with E-state index in [0.29, 0.717) is 17.8 Å². The van der Waals surface area contributed by atoms with Crippen molar-refractivity contribution in [1.82, 2.24) is 9.62 Å². The summed E-state index contributed by atoms with van der Waals surface area (Å²) < 4.78 is 26.7. The molecule has 1 aliphatic heterocycles. The maximum absolute atomic E-state index is 12.5. The van der Waals surface area contributed by atoms with Crippen LogP contribution in [-0.4, -0.2) is 52.9 Å². The SMILES string of the molecule is CN(C)S(=O)(=O)N(C)c1ccc(C(=O)NCc2ccc(N3CCCCC3)cc2)cc1. The van der Waals surface area contributed by atoms with Crippen molar-refractivity contribution >= 4 is 27.5 Å². The van der Waals surface area contributed by atoms with Crippen molar-refractivity contribution in [3.05, 3.63) is 59.7 Å². The molecule has 1 saturated heterocycles. The maximum atomic E-state index is 12.5. The molecule has 162 valence electrons. The van der Waals surface area contributed by atoms with Gasteiger partial charge in [0.25, 0.3) is 5.91 Å². The maximum Gasteiger partial charge on any atom is 0.303 e. The quantitative estimate of drug-likeness (QED) is 0.733. The molecule has 0 aliphatic carbocycles. The van der Waals surface area contributed by atoms with Gasteiger partial charge in [-0.3, -0.25) is 9.10 Å². The van der Waals surface area contributed by atoms with E-state index in [2.05, 4.69) is 22.3 Å². The Hall–Kier alpha value is -2.58. The van der Waals surface area contributed by atoms with Crippen molar-refractivity contribution in [3.63, 3.8) is 0 Å². The Morgan fingerprint density at radius 2 is 1.53 bits per heavy atom. The number of carbonyl (C=O) groups is 1. The molecule has 30 heavy (non-hydrogen) atoms. The van der Waals surface area contributed by atoms with Gasteiger partial charge in [-0.2, -0.15) is 12.7 Å². The standard InChI is InChI=1S/C22H30N4O3S/c1-24(2)30(28,29)25(3)20-13-9-19(10-14-20)22(27)23-17-18-7-11-21(12-8-18)26-15-5-4-6-16-26/h7-14H,4-6,15-17H2,1-3H3,(H,23,27). The largest absolute Gasteiger partial charge is 0.372 e. The molecule has 7 nitrogen and oxygen atoms in total. The van der Waals surface area contributed by atoms with Crippen LogP contribution in [0.2, 0.25) is 0 Å². The highest BCUT2D eigenvalue weighted by atomic mass is 32.2. The summed E-state index contributed by atoms with van der Waals surface area (Å²) >= 11 is 0. The van der Waals surface area contributed by atoms with Crippen LogP contribution in [-0.2, 0) is 16.8 Å². The highest BCUT2D eigenvalue weighted by Gasteiger charge is 2.21. The summed E-state index contributed by atoms with van der Waals surface area (Å²) in [5.41, 5.74) is 3.25. The molecular formula is C22H30N4O3S. The van der Waals surface area contributed by atoms with Crippen LogP contribution in [0.4, 0.5) is 11.4 Å². The molecule has 8 heteroatoms. The molecule has 1 aliphatic rings. The topological polar surface area (TPSA) is 73.0 Å². The Balaban J connectivity index is 1.57. The number of nitrogens with zero attached hydrogens (tertiary/aromatic N) is 3. The lowest BCUT2D eigenvalue weighted by Crippen LogP contribution is -2.37. The fraction of sp³-hybridized carbons (Fsp3) is 0.409. The van der Waals surface area contributed by atoms with Gasteiger partial charge in [0, 0.05) is 52.0 Å². The Kier molecular flexibility index (Phi) is 6.99. The molecule has 0 atom stereocenters. The molecule has 0 spiro atoms. The average molecular weight is 431 g/mol. The van der Waals surface area contributed by atoms with Crippen LogP contribution in [0.5, 0.6) is 0 Å². The lowest BCUT2D eigenvalue weighted by molar-refractivity contribution is 0.0951. The number of benzene rings is 2. The highest BCUT2D eigenvalue weighted by molar-refractivity contribution is 7.90. The molecular weight excluding hydrogens is 400 g/mol. The molecule has 0 bridgehead atoms. The number of amides is 1. The van der Waals surface area contributed by atoms with Crippen molar-refractivity contribution in [2.24, 2.45) is 0 Å². The third-order valence-corrected chi connectivity index (χ3v) is 7.24. The zero-order valence-corrected chi connectivity index (χ0v) is 18.7. The van der Waals surface area contributed by atoms with Crippen molar-refractivity contribution in [2.75, 3.05) is 43.4 Å². The molecule has 0 unspecified atom stereocenters. The number of rotatable bonds is 7. The van der Waals surface area contributed by atoms with E-state index in [-0.39, 0.29) is 5.91 Å². The zero-order chi connectivity index (χ0) is 21.7. The van der Waals surface area contributed by atoms with Crippen molar-refractivity contribution in [3.8, 4) is 0 Å². The summed E-state index contributed by atoms with van der Waals surface area (Å²) in [5, 5.41) is 2.92. The van der Waals surface area contributed by atoms with Gasteiger partial charge in [-0.05, 0) is 61.2 Å². The van der Waals surface area contributed by atoms with Gasteiger partial charge in [0.1, 0.15) is 0 Å². The molecule has 3 rings (SSSR count). The van der Waals surface area contributed by atoms with E-state index in [1.54, 1.807) is 24.3 Å². The van der Waals surface area contributed by atoms with Gasteiger partial charge in [-0.25, -0.2) is 0 Å². The third kappa shape index (κ3) is 5.12. The summed E-state index contributed by atoms with van der Waals surface area (Å²) in [4.78, 5) is 14.9. The highest BCUT2D eigenvalue weighted by Crippen LogP contribution is 2.21. The first-order chi connectivity index (χ1) is 14.3. The van der Waals surface area contributed by atoms with Crippen molar-refractivity contribution in [2.45, 2.75) is 25.8 Å². The van der Waals surface area contributed by atoms with E-state index < -0.39 is 10.2 Å². The lowest BCUT2D eigenvalue weighted by atomic mass is 10.1. The normalized spacial score (nSPS) is 14.6. The first kappa shape index (κ1) is 22.1. The van der Waals surface area contributed by atoms with Gasteiger partial charge < -0.3 is 10.2 Å². The van der Waals surface area contributed by atoms with E-state index in [0.717, 1.165) is 23.0 Å². The van der Waals surface area contributed by atoms with E-state index in [9.17, 15) is 13.2 Å². The van der Waals surface area contributed by atoms with Crippen molar-refractivity contribution in [1.29, 1.82) is 0 Å². The van der Waals surface area contributed by atoms with Crippen LogP contribution in [0.3, 0.4) is 0 Å². The van der Waals surface area contributed by atoms with Gasteiger partial charge in [0.15, 0.2) is 0 Å². The van der Waals surface area contributed by atoms with Gasteiger partial charge in [0.2, 0.25) is 0 Å². The number of hydrogen-bond donors (Lipinski definition) is 1. The second-order valence-electron chi connectivity index (χ2n) is 7.70. The second kappa shape index (κ2) is 9.49. The molecule has 2 aromatic carbocycles. The predicted molar refractivity (Wildman–Crippen MR) is 121 cm³/mol. The molecule has 1 amide bonds. The van der Waals surface area contributed by atoms with Crippen LogP contribution in [0.25, 0.3) is 0 Å².